The van der Waals surface area contributed by atoms with Crippen LogP contribution in [0.5, 0.6) is 0 Å². The van der Waals surface area contributed by atoms with Gasteiger partial charge in [0.15, 0.2) is 5.69 Å². The van der Waals surface area contributed by atoms with Gasteiger partial charge in [0.2, 0.25) is 0 Å². The van der Waals surface area contributed by atoms with Gasteiger partial charge in [-0.1, -0.05) is 12.1 Å². The second kappa shape index (κ2) is 8.02. The van der Waals surface area contributed by atoms with Crippen LogP contribution in [0.15, 0.2) is 62.8 Å². The van der Waals surface area contributed by atoms with Gasteiger partial charge in [0, 0.05) is 22.7 Å². The van der Waals surface area contributed by atoms with E-state index in [-0.39, 0.29) is 34.4 Å². The molecule has 3 aromatic heterocycles. The lowest BCUT2D eigenvalue weighted by Crippen LogP contribution is -2.34. The molecule has 0 bridgehead atoms. The number of aromatic carboxylic acids is 1. The predicted octanol–water partition coefficient (Wildman–Crippen LogP) is 3.61. The summed E-state index contributed by atoms with van der Waals surface area (Å²) >= 11 is 1.22. The maximum atomic E-state index is 13.3. The molecule has 5 aromatic rings. The molecule has 0 amide bonds. The number of rotatable bonds is 5. The fraction of sp³-hybridized carbons (Fsp3) is 0.0435. The molecule has 2 aromatic carbocycles. The number of hydrogen-bond acceptors (Lipinski definition) is 6. The second-order valence-electron chi connectivity index (χ2n) is 7.49. The van der Waals surface area contributed by atoms with Crippen molar-refractivity contribution < 1.29 is 14.4 Å². The molecule has 0 aliphatic rings. The van der Waals surface area contributed by atoms with Crippen molar-refractivity contribution in [3.05, 3.63) is 90.9 Å². The number of nitriles is 1. The number of H-pyrrole nitrogens is 1. The third kappa shape index (κ3) is 3.25. The number of halogens is 1. The van der Waals surface area contributed by atoms with Crippen molar-refractivity contribution in [3.8, 4) is 11.8 Å². The Morgan fingerprint density at radius 3 is 2.59 bits per heavy atom. The highest BCUT2D eigenvalue weighted by atomic mass is 32.1. The van der Waals surface area contributed by atoms with Crippen LogP contribution in [-0.4, -0.2) is 25.2 Å². The van der Waals surface area contributed by atoms with Crippen LogP contribution in [0.3, 0.4) is 0 Å². The van der Waals surface area contributed by atoms with Crippen molar-refractivity contribution >= 4 is 44.8 Å². The Balaban J connectivity index is 1.87. The molecule has 0 spiro atoms. The number of aromatic nitrogens is 3. The number of nitrogens with one attached hydrogen (secondary N) is 2. The molecule has 11 heteroatoms. The van der Waals surface area contributed by atoms with Crippen LogP contribution in [0.4, 0.5) is 10.2 Å². The zero-order valence-corrected chi connectivity index (χ0v) is 18.0. The summed E-state index contributed by atoms with van der Waals surface area (Å²) in [6, 6.07) is 12.9. The van der Waals surface area contributed by atoms with E-state index in [1.807, 2.05) is 6.07 Å². The van der Waals surface area contributed by atoms with Gasteiger partial charge >= 0.3 is 11.7 Å². The molecule has 168 valence electrons. The molecule has 0 saturated carbocycles. The molecule has 34 heavy (non-hydrogen) atoms. The summed E-state index contributed by atoms with van der Waals surface area (Å²) < 4.78 is 15.5. The van der Waals surface area contributed by atoms with Gasteiger partial charge in [-0.2, -0.15) is 5.26 Å². The Morgan fingerprint density at radius 1 is 1.15 bits per heavy atom. The molecule has 3 N–H and O–H groups in total. The number of benzene rings is 2. The van der Waals surface area contributed by atoms with Crippen LogP contribution in [0.2, 0.25) is 0 Å². The molecule has 0 unspecified atom stereocenters. The summed E-state index contributed by atoms with van der Waals surface area (Å²) in [7, 11) is 0. The fourth-order valence-corrected chi connectivity index (χ4v) is 4.77. The van der Waals surface area contributed by atoms with Crippen LogP contribution in [0.25, 0.3) is 27.5 Å². The highest BCUT2D eigenvalue weighted by molar-refractivity contribution is 7.09. The van der Waals surface area contributed by atoms with E-state index in [0.29, 0.717) is 22.2 Å². The Hall–Kier alpha value is -4.69. The van der Waals surface area contributed by atoms with E-state index in [4.69, 9.17) is 5.26 Å². The first-order valence-electron chi connectivity index (χ1n) is 9.89. The van der Waals surface area contributed by atoms with Crippen molar-refractivity contribution in [1.29, 1.82) is 5.26 Å². The molecular formula is C23H14FN5O4S. The molecule has 0 saturated heterocycles. The highest BCUT2D eigenvalue weighted by Gasteiger charge is 2.27. The molecule has 3 heterocycles. The molecule has 0 radical (unpaired) electrons. The molecular weight excluding hydrogens is 461 g/mol. The maximum absolute atomic E-state index is 13.3. The van der Waals surface area contributed by atoms with E-state index in [2.05, 4.69) is 4.98 Å². The van der Waals surface area contributed by atoms with Gasteiger partial charge in [-0.3, -0.25) is 4.79 Å². The monoisotopic (exact) mass is 475 g/mol. The van der Waals surface area contributed by atoms with E-state index in [9.17, 15) is 24.0 Å². The number of carboxylic acid groups (broad SMARTS) is 1. The van der Waals surface area contributed by atoms with Crippen LogP contribution in [0.1, 0.15) is 21.6 Å². The lowest BCUT2D eigenvalue weighted by molar-refractivity contribution is 0.0686. The number of nitrogens with zero attached hydrogens (tertiary/aromatic N) is 3. The Kier molecular flexibility index (Phi) is 4.99. The van der Waals surface area contributed by atoms with Gasteiger partial charge in [-0.05, 0) is 35.9 Å². The summed E-state index contributed by atoms with van der Waals surface area (Å²) in [6.45, 7) is 0.0690. The summed E-state index contributed by atoms with van der Waals surface area (Å²) in [5.41, 5.74) is 1.45. The van der Waals surface area contributed by atoms with E-state index >= 15 is 0 Å². The van der Waals surface area contributed by atoms with Gasteiger partial charge in [-0.25, -0.2) is 19.7 Å². The van der Waals surface area contributed by atoms with Gasteiger partial charge in [0.25, 0.3) is 5.56 Å². The lowest BCUT2D eigenvalue weighted by Gasteiger charge is -2.10. The topological polar surface area (TPSA) is 133 Å². The average Bonchev–Trinajstić information content (AvgIpc) is 3.42. The number of carboxylic acids is 1. The average molecular weight is 475 g/mol. The quantitative estimate of drug-likeness (QED) is 0.333. The van der Waals surface area contributed by atoms with Gasteiger partial charge < -0.3 is 14.7 Å². The third-order valence-corrected chi connectivity index (χ3v) is 6.28. The van der Waals surface area contributed by atoms with Crippen molar-refractivity contribution in [3.63, 3.8) is 0 Å². The molecule has 0 atom stereocenters. The van der Waals surface area contributed by atoms with E-state index in [1.165, 1.54) is 39.6 Å². The normalized spacial score (nSPS) is 11.1. The minimum Gasteiger partial charge on any atom is -0.477 e. The zero-order valence-electron chi connectivity index (χ0n) is 17.2. The number of carbonyl (C=O) groups is 1. The van der Waals surface area contributed by atoms with Crippen molar-refractivity contribution in [2.45, 2.75) is 6.54 Å². The first-order valence-corrected chi connectivity index (χ1v) is 10.8. The third-order valence-electron chi connectivity index (χ3n) is 5.54. The number of fused-ring (bicyclic) bond motifs is 2. The lowest BCUT2D eigenvalue weighted by atomic mass is 10.1. The molecule has 0 aliphatic heterocycles. The van der Waals surface area contributed by atoms with Crippen molar-refractivity contribution in [1.82, 2.24) is 14.1 Å². The standard InChI is InChI=1S/C23H14FN5O4S/c24-27-14-5-6-18-15(7-14)19(29-21(30)16-10-34-11-17(16)26-23(29)33)20(22(31)32)28(18)9-13-3-1-12(8-25)2-4-13/h1-7,10-11,27H,9H2,(H,26,33)(H,31,32). The van der Waals surface area contributed by atoms with Crippen molar-refractivity contribution in [2.75, 3.05) is 5.54 Å². The molecule has 0 fully saturated rings. The van der Waals surface area contributed by atoms with E-state index in [1.54, 1.807) is 35.0 Å². The van der Waals surface area contributed by atoms with Gasteiger partial charge in [-0.15, -0.1) is 15.8 Å². The maximum Gasteiger partial charge on any atom is 0.354 e. The largest absolute Gasteiger partial charge is 0.477 e. The van der Waals surface area contributed by atoms with Crippen LogP contribution >= 0.6 is 11.3 Å². The van der Waals surface area contributed by atoms with Gasteiger partial charge in [0.1, 0.15) is 0 Å². The first-order chi connectivity index (χ1) is 16.4. The SMILES string of the molecule is N#Cc1ccc(Cn2c(C(=O)O)c(-n3c(=O)[nH]c4cscc4c3=O)c3cc(NF)ccc32)cc1. The minimum absolute atomic E-state index is 0.0299. The van der Waals surface area contributed by atoms with E-state index in [0.717, 1.165) is 4.57 Å². The molecule has 9 nitrogen and oxygen atoms in total. The van der Waals surface area contributed by atoms with Crippen LogP contribution in [0, 0.1) is 11.3 Å². The smallest absolute Gasteiger partial charge is 0.354 e. The summed E-state index contributed by atoms with van der Waals surface area (Å²) in [5.74, 6) is -1.37. The Labute approximate surface area is 193 Å². The fourth-order valence-electron chi connectivity index (χ4n) is 4.02. The van der Waals surface area contributed by atoms with Crippen molar-refractivity contribution in [2.24, 2.45) is 0 Å². The number of thiophene rings is 1. The summed E-state index contributed by atoms with van der Waals surface area (Å²) in [4.78, 5) is 41.3. The van der Waals surface area contributed by atoms with Gasteiger partial charge in [0.05, 0.1) is 39.4 Å². The second-order valence-corrected chi connectivity index (χ2v) is 8.24. The molecule has 5 rings (SSSR count). The number of aromatic amines is 1. The Morgan fingerprint density at radius 2 is 1.91 bits per heavy atom. The Bertz CT molecular complexity index is 1760. The van der Waals surface area contributed by atoms with Crippen LogP contribution in [-0.2, 0) is 6.54 Å². The predicted molar refractivity (Wildman–Crippen MR) is 125 cm³/mol. The highest BCUT2D eigenvalue weighted by Crippen LogP contribution is 2.32. The minimum atomic E-state index is -1.37. The van der Waals surface area contributed by atoms with E-state index < -0.39 is 17.2 Å². The first kappa shape index (κ1) is 21.2. The number of anilines is 1. The summed E-state index contributed by atoms with van der Waals surface area (Å²) in [5, 5.41) is 22.8. The molecule has 0 aliphatic carbocycles. The summed E-state index contributed by atoms with van der Waals surface area (Å²) in [6.07, 6.45) is 0. The van der Waals surface area contributed by atoms with Crippen LogP contribution < -0.4 is 16.8 Å². The zero-order chi connectivity index (χ0) is 24.0. The number of hydrogen-bond donors (Lipinski definition) is 3.